The summed E-state index contributed by atoms with van der Waals surface area (Å²) in [4.78, 5) is 11.0. The molecule has 2 N–H and O–H groups in total. The number of methoxy groups -OCH3 is 3. The number of rotatable bonds is 5. The van der Waals surface area contributed by atoms with Gasteiger partial charge in [0, 0.05) is 17.4 Å². The van der Waals surface area contributed by atoms with E-state index in [9.17, 15) is 4.79 Å². The van der Waals surface area contributed by atoms with E-state index in [1.165, 1.54) is 11.8 Å². The van der Waals surface area contributed by atoms with Gasteiger partial charge < -0.3 is 19.3 Å². The molecule has 6 nitrogen and oxygen atoms in total. The van der Waals surface area contributed by atoms with E-state index >= 15 is 0 Å². The van der Waals surface area contributed by atoms with Crippen LogP contribution in [0.5, 0.6) is 17.2 Å². The Labute approximate surface area is 121 Å². The summed E-state index contributed by atoms with van der Waals surface area (Å²) < 4.78 is 15.9. The van der Waals surface area contributed by atoms with Crippen LogP contribution in [-0.2, 0) is 4.79 Å². The van der Waals surface area contributed by atoms with Crippen molar-refractivity contribution in [2.75, 3.05) is 27.1 Å². The molecule has 0 aliphatic carbocycles. The predicted molar refractivity (Wildman–Crippen MR) is 75.9 cm³/mol. The standard InChI is InChI=1S/C13H17NO5S/c1-17-9-5-11(19-3)10(18-2)4-7(9)12-14-8(6-20-12)13(15)16/h4-5,8,12,14H,6H2,1-3H3,(H,15,16)/t8-,12+/m1/s1. The molecule has 1 aliphatic heterocycles. The summed E-state index contributed by atoms with van der Waals surface area (Å²) in [5.74, 6) is 1.46. The molecule has 1 aliphatic rings. The maximum absolute atomic E-state index is 11.0. The van der Waals surface area contributed by atoms with Crippen LogP contribution in [0.4, 0.5) is 0 Å². The molecule has 0 saturated carbocycles. The van der Waals surface area contributed by atoms with Gasteiger partial charge in [0.2, 0.25) is 0 Å². The normalized spacial score (nSPS) is 21.6. The Bertz CT molecular complexity index is 508. The number of hydrogen-bond donors (Lipinski definition) is 2. The Kier molecular flexibility index (Phi) is 4.61. The third kappa shape index (κ3) is 2.78. The Morgan fingerprint density at radius 3 is 2.30 bits per heavy atom. The Hall–Kier alpha value is -1.60. The van der Waals surface area contributed by atoms with Gasteiger partial charge in [-0.05, 0) is 6.07 Å². The first-order valence-corrected chi connectivity index (χ1v) is 7.06. The highest BCUT2D eigenvalue weighted by Gasteiger charge is 2.32. The molecule has 20 heavy (non-hydrogen) atoms. The van der Waals surface area contributed by atoms with E-state index in [-0.39, 0.29) is 5.37 Å². The highest BCUT2D eigenvalue weighted by molar-refractivity contribution is 7.99. The van der Waals surface area contributed by atoms with E-state index in [4.69, 9.17) is 19.3 Å². The van der Waals surface area contributed by atoms with Crippen LogP contribution in [0.25, 0.3) is 0 Å². The summed E-state index contributed by atoms with van der Waals surface area (Å²) >= 11 is 1.53. The van der Waals surface area contributed by atoms with Gasteiger partial charge in [-0.25, -0.2) is 0 Å². The third-order valence-electron chi connectivity index (χ3n) is 3.10. The van der Waals surface area contributed by atoms with Gasteiger partial charge in [-0.1, -0.05) is 0 Å². The molecule has 110 valence electrons. The summed E-state index contributed by atoms with van der Waals surface area (Å²) in [6.07, 6.45) is 0. The van der Waals surface area contributed by atoms with Crippen molar-refractivity contribution >= 4 is 17.7 Å². The van der Waals surface area contributed by atoms with Gasteiger partial charge in [0.1, 0.15) is 11.8 Å². The SMILES string of the molecule is COc1cc(OC)c([C@H]2N[C@@H](C(=O)O)CS2)cc1OC. The number of carboxylic acids is 1. The number of hydrogen-bond acceptors (Lipinski definition) is 6. The molecule has 0 aromatic heterocycles. The Balaban J connectivity index is 2.33. The molecule has 1 fully saturated rings. The van der Waals surface area contributed by atoms with Crippen molar-refractivity contribution < 1.29 is 24.1 Å². The number of carbonyl (C=O) groups is 1. The molecule has 2 atom stereocenters. The second kappa shape index (κ2) is 6.23. The van der Waals surface area contributed by atoms with Gasteiger partial charge in [-0.2, -0.15) is 0 Å². The van der Waals surface area contributed by atoms with Gasteiger partial charge >= 0.3 is 5.97 Å². The highest BCUT2D eigenvalue weighted by Crippen LogP contribution is 2.43. The molecule has 0 radical (unpaired) electrons. The van der Waals surface area contributed by atoms with Crippen LogP contribution in [0.15, 0.2) is 12.1 Å². The largest absolute Gasteiger partial charge is 0.496 e. The molecule has 2 rings (SSSR count). The average Bonchev–Trinajstić information content (AvgIpc) is 2.95. The van der Waals surface area contributed by atoms with Gasteiger partial charge in [-0.3, -0.25) is 10.1 Å². The van der Waals surface area contributed by atoms with Crippen molar-refractivity contribution in [2.24, 2.45) is 0 Å². The van der Waals surface area contributed by atoms with Crippen molar-refractivity contribution in [3.8, 4) is 17.2 Å². The molecule has 7 heteroatoms. The lowest BCUT2D eigenvalue weighted by Gasteiger charge is -2.18. The lowest BCUT2D eigenvalue weighted by molar-refractivity contribution is -0.138. The summed E-state index contributed by atoms with van der Waals surface area (Å²) in [5, 5.41) is 11.9. The van der Waals surface area contributed by atoms with Gasteiger partial charge in [0.15, 0.2) is 11.5 Å². The second-order valence-electron chi connectivity index (χ2n) is 4.22. The van der Waals surface area contributed by atoms with Crippen LogP contribution in [0.1, 0.15) is 10.9 Å². The first-order valence-electron chi connectivity index (χ1n) is 6.01. The second-order valence-corrected chi connectivity index (χ2v) is 5.36. The number of benzene rings is 1. The number of thioether (sulfide) groups is 1. The maximum atomic E-state index is 11.0. The zero-order valence-electron chi connectivity index (χ0n) is 11.5. The molecule has 1 aromatic rings. The molecule has 0 spiro atoms. The number of nitrogens with one attached hydrogen (secondary N) is 1. The lowest BCUT2D eigenvalue weighted by Crippen LogP contribution is -2.33. The van der Waals surface area contributed by atoms with Crippen molar-refractivity contribution in [1.82, 2.24) is 5.32 Å². The first-order chi connectivity index (χ1) is 9.60. The van der Waals surface area contributed by atoms with Crippen molar-refractivity contribution in [2.45, 2.75) is 11.4 Å². The molecular weight excluding hydrogens is 282 g/mol. The Morgan fingerprint density at radius 1 is 1.20 bits per heavy atom. The highest BCUT2D eigenvalue weighted by atomic mass is 32.2. The van der Waals surface area contributed by atoms with E-state index in [1.54, 1.807) is 27.4 Å². The van der Waals surface area contributed by atoms with E-state index in [0.29, 0.717) is 23.0 Å². The summed E-state index contributed by atoms with van der Waals surface area (Å²) in [6, 6.07) is 3.00. The Morgan fingerprint density at radius 2 is 1.80 bits per heavy atom. The van der Waals surface area contributed by atoms with Crippen LogP contribution in [-0.4, -0.2) is 44.2 Å². The summed E-state index contributed by atoms with van der Waals surface area (Å²) in [5.41, 5.74) is 0.846. The fourth-order valence-electron chi connectivity index (χ4n) is 2.05. The quantitative estimate of drug-likeness (QED) is 0.853. The van der Waals surface area contributed by atoms with Crippen LogP contribution < -0.4 is 19.5 Å². The van der Waals surface area contributed by atoms with Crippen LogP contribution in [0, 0.1) is 0 Å². The monoisotopic (exact) mass is 299 g/mol. The molecular formula is C13H17NO5S. The minimum atomic E-state index is -0.848. The minimum Gasteiger partial charge on any atom is -0.496 e. The minimum absolute atomic E-state index is 0.147. The van der Waals surface area contributed by atoms with E-state index in [2.05, 4.69) is 5.32 Å². The molecule has 1 aromatic carbocycles. The lowest BCUT2D eigenvalue weighted by atomic mass is 10.1. The fraction of sp³-hybridized carbons (Fsp3) is 0.462. The van der Waals surface area contributed by atoms with E-state index in [0.717, 1.165) is 5.56 Å². The smallest absolute Gasteiger partial charge is 0.321 e. The third-order valence-corrected chi connectivity index (χ3v) is 4.35. The van der Waals surface area contributed by atoms with Gasteiger partial charge in [-0.15, -0.1) is 11.8 Å². The molecule has 0 unspecified atom stereocenters. The van der Waals surface area contributed by atoms with Crippen molar-refractivity contribution in [3.05, 3.63) is 17.7 Å². The molecule has 1 heterocycles. The predicted octanol–water partition coefficient (Wildman–Crippen LogP) is 1.50. The van der Waals surface area contributed by atoms with Crippen LogP contribution in [0.2, 0.25) is 0 Å². The maximum Gasteiger partial charge on any atom is 0.321 e. The molecule has 1 saturated heterocycles. The van der Waals surface area contributed by atoms with Crippen LogP contribution >= 0.6 is 11.8 Å². The number of aliphatic carboxylic acids is 1. The topological polar surface area (TPSA) is 77.0 Å². The van der Waals surface area contributed by atoms with Crippen molar-refractivity contribution in [3.63, 3.8) is 0 Å². The summed E-state index contributed by atoms with van der Waals surface area (Å²) in [6.45, 7) is 0. The van der Waals surface area contributed by atoms with Crippen molar-refractivity contribution in [1.29, 1.82) is 0 Å². The fourth-order valence-corrected chi connectivity index (χ4v) is 3.30. The zero-order valence-corrected chi connectivity index (χ0v) is 12.3. The zero-order chi connectivity index (χ0) is 14.7. The first kappa shape index (κ1) is 14.8. The number of ether oxygens (including phenoxy) is 3. The van der Waals surface area contributed by atoms with Crippen LogP contribution in [0.3, 0.4) is 0 Å². The van der Waals surface area contributed by atoms with E-state index < -0.39 is 12.0 Å². The average molecular weight is 299 g/mol. The van der Waals surface area contributed by atoms with E-state index in [1.807, 2.05) is 6.07 Å². The van der Waals surface area contributed by atoms with Gasteiger partial charge in [0.05, 0.1) is 26.7 Å². The number of carboxylic acid groups (broad SMARTS) is 1. The van der Waals surface area contributed by atoms with Gasteiger partial charge in [0.25, 0.3) is 0 Å². The molecule has 0 bridgehead atoms. The summed E-state index contributed by atoms with van der Waals surface area (Å²) in [7, 11) is 4.68. The molecule has 0 amide bonds.